The van der Waals surface area contributed by atoms with Crippen molar-refractivity contribution in [2.24, 2.45) is 5.41 Å². The third kappa shape index (κ3) is 5.95. The summed E-state index contributed by atoms with van der Waals surface area (Å²) in [5, 5.41) is 7.12. The Bertz CT molecular complexity index is 902. The fourth-order valence-corrected chi connectivity index (χ4v) is 4.19. The van der Waals surface area contributed by atoms with Crippen LogP contribution in [0, 0.1) is 5.41 Å². The Hall–Kier alpha value is -3.17. The standard InChI is InChI=1S/C20H24N4O.C2HF3O2/c25-18(17-6-2-1-3-7-17)24-13-4-8-20(16-24)9-14-23(15-10-20)19-21-11-5-12-22-19;3-2(4,5)1(6)7/h1-3,5-7,11-12H,4,8-10,13-16H2;(H,6,7). The topological polar surface area (TPSA) is 86.6 Å². The third-order valence-corrected chi connectivity index (χ3v) is 5.87. The monoisotopic (exact) mass is 450 g/mol. The van der Waals surface area contributed by atoms with Crippen molar-refractivity contribution >= 4 is 17.8 Å². The average molecular weight is 450 g/mol. The number of alkyl halides is 3. The zero-order valence-electron chi connectivity index (χ0n) is 17.5. The lowest BCUT2D eigenvalue weighted by Crippen LogP contribution is -2.51. The highest BCUT2D eigenvalue weighted by atomic mass is 19.4. The number of hydrogen-bond donors (Lipinski definition) is 1. The van der Waals surface area contributed by atoms with Gasteiger partial charge in [-0.15, -0.1) is 0 Å². The number of rotatable bonds is 2. The number of carboxylic acids is 1. The lowest BCUT2D eigenvalue weighted by Gasteiger charge is -2.47. The number of aromatic nitrogens is 2. The number of aliphatic carboxylic acids is 1. The van der Waals surface area contributed by atoms with Crippen molar-refractivity contribution in [1.29, 1.82) is 0 Å². The van der Waals surface area contributed by atoms with Gasteiger partial charge in [0.15, 0.2) is 0 Å². The maximum absolute atomic E-state index is 12.8. The van der Waals surface area contributed by atoms with E-state index in [-0.39, 0.29) is 11.3 Å². The van der Waals surface area contributed by atoms with Crippen molar-refractivity contribution in [1.82, 2.24) is 14.9 Å². The predicted octanol–water partition coefficient (Wildman–Crippen LogP) is 3.63. The second kappa shape index (κ2) is 9.97. The first kappa shape index (κ1) is 23.5. The van der Waals surface area contributed by atoms with Gasteiger partial charge >= 0.3 is 12.1 Å². The van der Waals surface area contributed by atoms with Gasteiger partial charge in [0, 0.05) is 44.1 Å². The molecule has 2 saturated heterocycles. The molecule has 0 aliphatic carbocycles. The molecule has 2 aliphatic heterocycles. The minimum Gasteiger partial charge on any atom is -0.475 e. The summed E-state index contributed by atoms with van der Waals surface area (Å²) in [7, 11) is 0. The molecule has 4 rings (SSSR count). The van der Waals surface area contributed by atoms with Crippen LogP contribution in [0.5, 0.6) is 0 Å². The van der Waals surface area contributed by atoms with Crippen molar-refractivity contribution < 1.29 is 27.9 Å². The van der Waals surface area contributed by atoms with Crippen LogP contribution in [0.15, 0.2) is 48.8 Å². The zero-order valence-corrected chi connectivity index (χ0v) is 17.5. The van der Waals surface area contributed by atoms with E-state index in [0.717, 1.165) is 57.0 Å². The van der Waals surface area contributed by atoms with Gasteiger partial charge < -0.3 is 14.9 Å². The Morgan fingerprint density at radius 3 is 2.09 bits per heavy atom. The van der Waals surface area contributed by atoms with E-state index in [1.165, 1.54) is 6.42 Å². The van der Waals surface area contributed by atoms with Crippen LogP contribution < -0.4 is 4.90 Å². The van der Waals surface area contributed by atoms with E-state index < -0.39 is 12.1 Å². The fourth-order valence-electron chi connectivity index (χ4n) is 4.19. The minimum absolute atomic E-state index is 0.175. The van der Waals surface area contributed by atoms with E-state index in [0.29, 0.717) is 0 Å². The number of carbonyl (C=O) groups excluding carboxylic acids is 1. The molecule has 1 amide bonds. The summed E-state index contributed by atoms with van der Waals surface area (Å²) >= 11 is 0. The predicted molar refractivity (Wildman–Crippen MR) is 111 cm³/mol. The number of carbonyl (C=O) groups is 2. The maximum Gasteiger partial charge on any atom is 0.490 e. The Labute approximate surface area is 183 Å². The summed E-state index contributed by atoms with van der Waals surface area (Å²) in [5.41, 5.74) is 1.06. The molecule has 7 nitrogen and oxygen atoms in total. The van der Waals surface area contributed by atoms with Crippen LogP contribution in [-0.2, 0) is 4.79 Å². The Balaban J connectivity index is 0.000000360. The van der Waals surface area contributed by atoms with Crippen LogP contribution in [0.2, 0.25) is 0 Å². The second-order valence-electron chi connectivity index (χ2n) is 8.04. The summed E-state index contributed by atoms with van der Waals surface area (Å²) in [4.78, 5) is 34.8. The number of halogens is 3. The van der Waals surface area contributed by atoms with E-state index in [1.54, 1.807) is 12.4 Å². The molecule has 172 valence electrons. The summed E-state index contributed by atoms with van der Waals surface area (Å²) < 4.78 is 31.7. The van der Waals surface area contributed by atoms with Crippen LogP contribution in [-0.4, -0.2) is 64.2 Å². The number of benzene rings is 1. The SMILES string of the molecule is O=C(O)C(F)(F)F.O=C(c1ccccc1)N1CCCC2(CCN(c3ncccn3)CC2)C1. The molecule has 1 aromatic heterocycles. The summed E-state index contributed by atoms with van der Waals surface area (Å²) in [6, 6.07) is 11.5. The molecule has 1 N–H and O–H groups in total. The molecule has 0 saturated carbocycles. The molecule has 10 heteroatoms. The van der Waals surface area contributed by atoms with Crippen molar-refractivity contribution in [2.75, 3.05) is 31.1 Å². The quantitative estimate of drug-likeness (QED) is 0.752. The van der Waals surface area contributed by atoms with E-state index in [2.05, 4.69) is 19.8 Å². The maximum atomic E-state index is 12.8. The summed E-state index contributed by atoms with van der Waals surface area (Å²) in [6.07, 6.45) is 3.03. The molecule has 1 spiro atoms. The molecule has 2 aromatic rings. The normalized spacial score (nSPS) is 18.0. The molecule has 32 heavy (non-hydrogen) atoms. The van der Waals surface area contributed by atoms with E-state index >= 15 is 0 Å². The molecule has 0 atom stereocenters. The fraction of sp³-hybridized carbons (Fsp3) is 0.455. The third-order valence-electron chi connectivity index (χ3n) is 5.87. The molecule has 0 unspecified atom stereocenters. The van der Waals surface area contributed by atoms with Gasteiger partial charge in [0.2, 0.25) is 5.95 Å². The van der Waals surface area contributed by atoms with Gasteiger partial charge in [-0.3, -0.25) is 4.79 Å². The highest BCUT2D eigenvalue weighted by molar-refractivity contribution is 5.94. The van der Waals surface area contributed by atoms with Crippen molar-refractivity contribution in [2.45, 2.75) is 31.9 Å². The first-order chi connectivity index (χ1) is 15.2. The molecule has 2 aliphatic rings. The van der Waals surface area contributed by atoms with Crippen LogP contribution in [0.1, 0.15) is 36.0 Å². The molecule has 0 radical (unpaired) electrons. The molecular formula is C22H25F3N4O3. The van der Waals surface area contributed by atoms with Crippen molar-refractivity contribution in [3.8, 4) is 0 Å². The first-order valence-electron chi connectivity index (χ1n) is 10.4. The summed E-state index contributed by atoms with van der Waals surface area (Å²) in [5.74, 6) is -1.76. The number of hydrogen-bond acceptors (Lipinski definition) is 5. The second-order valence-corrected chi connectivity index (χ2v) is 8.04. The molecule has 0 bridgehead atoms. The van der Waals surface area contributed by atoms with Gasteiger partial charge in [-0.25, -0.2) is 14.8 Å². The van der Waals surface area contributed by atoms with E-state index in [9.17, 15) is 18.0 Å². The van der Waals surface area contributed by atoms with Gasteiger partial charge in [0.25, 0.3) is 5.91 Å². The van der Waals surface area contributed by atoms with Crippen molar-refractivity contribution in [3.63, 3.8) is 0 Å². The largest absolute Gasteiger partial charge is 0.490 e. The molecule has 3 heterocycles. The minimum atomic E-state index is -5.08. The van der Waals surface area contributed by atoms with Gasteiger partial charge in [-0.05, 0) is 49.3 Å². The van der Waals surface area contributed by atoms with Crippen LogP contribution in [0.3, 0.4) is 0 Å². The molecule has 2 fully saturated rings. The van der Waals surface area contributed by atoms with Crippen LogP contribution in [0.4, 0.5) is 19.1 Å². The van der Waals surface area contributed by atoms with Gasteiger partial charge in [-0.1, -0.05) is 18.2 Å². The summed E-state index contributed by atoms with van der Waals surface area (Å²) in [6.45, 7) is 3.69. The number of anilines is 1. The van der Waals surface area contributed by atoms with Gasteiger partial charge in [-0.2, -0.15) is 13.2 Å². The van der Waals surface area contributed by atoms with Crippen molar-refractivity contribution in [3.05, 3.63) is 54.4 Å². The average Bonchev–Trinajstić information content (AvgIpc) is 2.80. The number of piperidine rings is 2. The van der Waals surface area contributed by atoms with Crippen LogP contribution >= 0.6 is 0 Å². The van der Waals surface area contributed by atoms with E-state index in [4.69, 9.17) is 9.90 Å². The lowest BCUT2D eigenvalue weighted by atomic mass is 9.72. The van der Waals surface area contributed by atoms with E-state index in [1.807, 2.05) is 36.4 Å². The Morgan fingerprint density at radius 1 is 0.938 bits per heavy atom. The smallest absolute Gasteiger partial charge is 0.475 e. The van der Waals surface area contributed by atoms with Gasteiger partial charge in [0.05, 0.1) is 0 Å². The first-order valence-corrected chi connectivity index (χ1v) is 10.4. The highest BCUT2D eigenvalue weighted by Gasteiger charge is 2.40. The van der Waals surface area contributed by atoms with Gasteiger partial charge in [0.1, 0.15) is 0 Å². The zero-order chi connectivity index (χ0) is 23.2. The number of amides is 1. The highest BCUT2D eigenvalue weighted by Crippen LogP contribution is 2.40. The number of likely N-dealkylation sites (tertiary alicyclic amines) is 1. The molecular weight excluding hydrogens is 425 g/mol. The molecule has 1 aromatic carbocycles. The van der Waals surface area contributed by atoms with Crippen LogP contribution in [0.25, 0.3) is 0 Å². The lowest BCUT2D eigenvalue weighted by molar-refractivity contribution is -0.192. The number of nitrogens with zero attached hydrogens (tertiary/aromatic N) is 4. The Morgan fingerprint density at radius 2 is 1.53 bits per heavy atom. The Kier molecular flexibility index (Phi) is 7.32. The number of carboxylic acid groups (broad SMARTS) is 1.